The molecule has 4 N–H and O–H groups in total. The Labute approximate surface area is 124 Å². The van der Waals surface area contributed by atoms with Gasteiger partial charge >= 0.3 is 0 Å². The van der Waals surface area contributed by atoms with E-state index in [0.717, 1.165) is 12.1 Å². The van der Waals surface area contributed by atoms with Crippen LogP contribution in [0.15, 0.2) is 30.3 Å². The highest BCUT2D eigenvalue weighted by Crippen LogP contribution is 2.20. The lowest BCUT2D eigenvalue weighted by Crippen LogP contribution is -2.50. The van der Waals surface area contributed by atoms with E-state index in [1.165, 1.54) is 0 Å². The van der Waals surface area contributed by atoms with Crippen LogP contribution in [0.3, 0.4) is 0 Å². The van der Waals surface area contributed by atoms with Crippen molar-refractivity contribution in [1.29, 1.82) is 0 Å². The molecule has 0 aliphatic carbocycles. The van der Waals surface area contributed by atoms with Gasteiger partial charge in [0.15, 0.2) is 0 Å². The van der Waals surface area contributed by atoms with E-state index in [0.29, 0.717) is 13.1 Å². The van der Waals surface area contributed by atoms with Crippen LogP contribution in [-0.2, 0) is 9.53 Å². The lowest BCUT2D eigenvalue weighted by molar-refractivity contribution is -0.125. The smallest absolute Gasteiger partial charge is 0.242 e. The van der Waals surface area contributed by atoms with Gasteiger partial charge in [0.2, 0.25) is 5.91 Å². The Kier molecular flexibility index (Phi) is 5.69. The highest BCUT2D eigenvalue weighted by molar-refractivity contribution is 5.83. The van der Waals surface area contributed by atoms with Crippen molar-refractivity contribution in [1.82, 2.24) is 10.3 Å². The summed E-state index contributed by atoms with van der Waals surface area (Å²) in [5, 5.41) is 9.28. The fourth-order valence-corrected chi connectivity index (χ4v) is 2.77. The first-order chi connectivity index (χ1) is 10.1. The van der Waals surface area contributed by atoms with Gasteiger partial charge in [0.1, 0.15) is 0 Å². The van der Waals surface area contributed by atoms with E-state index in [2.05, 4.69) is 10.3 Å². The molecule has 0 spiro atoms. The van der Waals surface area contributed by atoms with E-state index in [4.69, 9.17) is 10.6 Å². The molecule has 1 aliphatic heterocycles. The molecule has 1 aliphatic rings. The van der Waals surface area contributed by atoms with Gasteiger partial charge in [0, 0.05) is 19.6 Å². The second kappa shape index (κ2) is 7.51. The maximum Gasteiger partial charge on any atom is 0.242 e. The van der Waals surface area contributed by atoms with E-state index < -0.39 is 0 Å². The lowest BCUT2D eigenvalue weighted by atomic mass is 9.97. The van der Waals surface area contributed by atoms with Crippen LogP contribution in [-0.4, -0.2) is 54.4 Å². The maximum atomic E-state index is 12.1. The minimum absolute atomic E-state index is 0.0140. The average Bonchev–Trinajstić information content (AvgIpc) is 2.52. The Balaban J connectivity index is 2.10. The van der Waals surface area contributed by atoms with Crippen LogP contribution in [0.1, 0.15) is 18.4 Å². The largest absolute Gasteiger partial charge is 0.394 e. The highest BCUT2D eigenvalue weighted by atomic mass is 16.5. The molecular weight excluding hydrogens is 270 g/mol. The summed E-state index contributed by atoms with van der Waals surface area (Å²) in [4.78, 5) is 14.2. The summed E-state index contributed by atoms with van der Waals surface area (Å²) in [6.45, 7) is 3.85. The van der Waals surface area contributed by atoms with Crippen LogP contribution in [0.4, 0.5) is 0 Å². The van der Waals surface area contributed by atoms with E-state index >= 15 is 0 Å². The first-order valence-corrected chi connectivity index (χ1v) is 7.18. The number of ether oxygens (including phenoxy) is 1. The number of nitrogens with zero attached hydrogens (tertiary/aromatic N) is 1. The quantitative estimate of drug-likeness (QED) is 0.399. The number of aliphatic hydroxyl groups is 1. The molecule has 0 aromatic heterocycles. The van der Waals surface area contributed by atoms with Crippen LogP contribution >= 0.6 is 0 Å². The standard InChI is InChI=1S/C15H23N3O3/c1-11-7-18(8-13(10-19)21-11)9-14(15(20)17-16)12-5-3-2-4-6-12/h2-6,11,13-14,19H,7-10,16H2,1H3,(H,17,20). The number of carbonyl (C=O) groups excluding carboxylic acids is 1. The molecule has 0 radical (unpaired) electrons. The van der Waals surface area contributed by atoms with E-state index in [1.807, 2.05) is 37.3 Å². The minimum atomic E-state index is -0.333. The summed E-state index contributed by atoms with van der Waals surface area (Å²) in [6.07, 6.45) is -0.167. The van der Waals surface area contributed by atoms with Gasteiger partial charge in [-0.15, -0.1) is 0 Å². The summed E-state index contributed by atoms with van der Waals surface area (Å²) >= 11 is 0. The van der Waals surface area contributed by atoms with Gasteiger partial charge in [-0.2, -0.15) is 0 Å². The Bertz CT molecular complexity index is 455. The molecule has 116 valence electrons. The fourth-order valence-electron chi connectivity index (χ4n) is 2.77. The van der Waals surface area contributed by atoms with E-state index in [-0.39, 0.29) is 30.6 Å². The van der Waals surface area contributed by atoms with Crippen molar-refractivity contribution in [2.45, 2.75) is 25.0 Å². The monoisotopic (exact) mass is 293 g/mol. The predicted octanol–water partition coefficient (Wildman–Crippen LogP) is -0.158. The molecule has 1 aromatic rings. The highest BCUT2D eigenvalue weighted by Gasteiger charge is 2.29. The number of nitrogens with two attached hydrogens (primary N) is 1. The molecule has 6 heteroatoms. The van der Waals surface area contributed by atoms with Crippen molar-refractivity contribution in [2.24, 2.45) is 5.84 Å². The van der Waals surface area contributed by atoms with Gasteiger partial charge < -0.3 is 9.84 Å². The number of rotatable bonds is 5. The molecule has 1 saturated heterocycles. The molecule has 2 rings (SSSR count). The fraction of sp³-hybridized carbons (Fsp3) is 0.533. The summed E-state index contributed by atoms with van der Waals surface area (Å²) < 4.78 is 5.62. The summed E-state index contributed by atoms with van der Waals surface area (Å²) in [6, 6.07) is 9.58. The zero-order valence-electron chi connectivity index (χ0n) is 12.2. The molecule has 3 unspecified atom stereocenters. The molecule has 0 bridgehead atoms. The molecule has 1 aromatic carbocycles. The van der Waals surface area contributed by atoms with Crippen LogP contribution in [0.25, 0.3) is 0 Å². The van der Waals surface area contributed by atoms with Crippen molar-refractivity contribution in [3.63, 3.8) is 0 Å². The van der Waals surface area contributed by atoms with Gasteiger partial charge in [0.05, 0.1) is 24.7 Å². The second-order valence-corrected chi connectivity index (χ2v) is 5.44. The number of hydrogen-bond acceptors (Lipinski definition) is 5. The van der Waals surface area contributed by atoms with Gasteiger partial charge in [-0.05, 0) is 12.5 Å². The van der Waals surface area contributed by atoms with Crippen molar-refractivity contribution >= 4 is 5.91 Å². The molecule has 0 saturated carbocycles. The van der Waals surface area contributed by atoms with Crippen LogP contribution < -0.4 is 11.3 Å². The average molecular weight is 293 g/mol. The summed E-state index contributed by atoms with van der Waals surface area (Å²) in [5.41, 5.74) is 3.17. The van der Waals surface area contributed by atoms with Crippen molar-refractivity contribution in [3.8, 4) is 0 Å². The van der Waals surface area contributed by atoms with Crippen LogP contribution in [0, 0.1) is 0 Å². The van der Waals surface area contributed by atoms with Crippen molar-refractivity contribution in [2.75, 3.05) is 26.2 Å². The van der Waals surface area contributed by atoms with Gasteiger partial charge in [-0.25, -0.2) is 5.84 Å². The Morgan fingerprint density at radius 3 is 2.81 bits per heavy atom. The Morgan fingerprint density at radius 2 is 2.19 bits per heavy atom. The molecule has 6 nitrogen and oxygen atoms in total. The van der Waals surface area contributed by atoms with Crippen molar-refractivity contribution < 1.29 is 14.6 Å². The molecule has 1 fully saturated rings. The third-order valence-electron chi connectivity index (χ3n) is 3.71. The predicted molar refractivity (Wildman–Crippen MR) is 79.4 cm³/mol. The number of hydrazine groups is 1. The SMILES string of the molecule is CC1CN(CC(C(=O)NN)c2ccccc2)CC(CO)O1. The summed E-state index contributed by atoms with van der Waals surface area (Å²) in [5.74, 6) is 4.77. The zero-order valence-corrected chi connectivity index (χ0v) is 12.2. The number of carbonyl (C=O) groups is 1. The number of benzene rings is 1. The third-order valence-corrected chi connectivity index (χ3v) is 3.71. The minimum Gasteiger partial charge on any atom is -0.394 e. The molecule has 1 amide bonds. The first kappa shape index (κ1) is 15.9. The number of amides is 1. The zero-order chi connectivity index (χ0) is 15.2. The van der Waals surface area contributed by atoms with Crippen LogP contribution in [0.2, 0.25) is 0 Å². The number of hydrogen-bond donors (Lipinski definition) is 3. The summed E-state index contributed by atoms with van der Waals surface area (Å²) in [7, 11) is 0. The topological polar surface area (TPSA) is 87.8 Å². The van der Waals surface area contributed by atoms with Gasteiger partial charge in [-0.1, -0.05) is 30.3 Å². The Morgan fingerprint density at radius 1 is 1.48 bits per heavy atom. The van der Waals surface area contributed by atoms with E-state index in [9.17, 15) is 9.90 Å². The first-order valence-electron chi connectivity index (χ1n) is 7.18. The number of aliphatic hydroxyl groups excluding tert-OH is 1. The lowest BCUT2D eigenvalue weighted by Gasteiger charge is -2.37. The maximum absolute atomic E-state index is 12.1. The second-order valence-electron chi connectivity index (χ2n) is 5.44. The molecular formula is C15H23N3O3. The van der Waals surface area contributed by atoms with E-state index in [1.54, 1.807) is 0 Å². The molecule has 21 heavy (non-hydrogen) atoms. The normalized spacial score (nSPS) is 24.5. The van der Waals surface area contributed by atoms with Gasteiger partial charge in [-0.3, -0.25) is 15.1 Å². The Hall–Kier alpha value is -1.47. The number of nitrogens with one attached hydrogen (secondary N) is 1. The number of morpholine rings is 1. The molecule has 3 atom stereocenters. The third kappa shape index (κ3) is 4.25. The van der Waals surface area contributed by atoms with Gasteiger partial charge in [0.25, 0.3) is 0 Å². The van der Waals surface area contributed by atoms with Crippen LogP contribution in [0.5, 0.6) is 0 Å². The van der Waals surface area contributed by atoms with Crippen molar-refractivity contribution in [3.05, 3.63) is 35.9 Å². The molecule has 1 heterocycles.